The van der Waals surface area contributed by atoms with Crippen molar-refractivity contribution in [3.05, 3.63) is 60.7 Å². The molecule has 2 rings (SSSR count). The lowest BCUT2D eigenvalue weighted by Gasteiger charge is -2.32. The Bertz CT molecular complexity index is 429. The van der Waals surface area contributed by atoms with Gasteiger partial charge in [-0.1, -0.05) is 77.6 Å². The van der Waals surface area contributed by atoms with Crippen molar-refractivity contribution in [1.82, 2.24) is 0 Å². The smallest absolute Gasteiger partial charge is 0.148 e. The van der Waals surface area contributed by atoms with Crippen molar-refractivity contribution in [2.24, 2.45) is 11.5 Å². The molecule has 0 saturated heterocycles. The largest absolute Gasteiger partial charge is 0.318 e. The van der Waals surface area contributed by atoms with Crippen LogP contribution in [0.15, 0.2) is 60.7 Å². The summed E-state index contributed by atoms with van der Waals surface area (Å²) in [5.41, 5.74) is 12.1. The van der Waals surface area contributed by atoms with E-state index in [0.717, 1.165) is 0 Å². The Balaban J connectivity index is 2.55. The molecule has 0 unspecified atom stereocenters. The van der Waals surface area contributed by atoms with Crippen LogP contribution in [0, 0.1) is 0 Å². The lowest BCUT2D eigenvalue weighted by atomic mass is 10.4. The van der Waals surface area contributed by atoms with Gasteiger partial charge in [-0.25, -0.2) is 0 Å². The van der Waals surface area contributed by atoms with E-state index < -0.39 is 8.07 Å². The molecule has 0 heterocycles. The molecule has 17 heavy (non-hydrogen) atoms. The zero-order valence-corrected chi connectivity index (χ0v) is 11.0. The number of rotatable bonds is 3. The predicted molar refractivity (Wildman–Crippen MR) is 75.9 cm³/mol. The summed E-state index contributed by atoms with van der Waals surface area (Å²) in [5.74, 6) is -0.299. The summed E-state index contributed by atoms with van der Waals surface area (Å²) in [4.78, 5) is 0. The minimum absolute atomic E-state index is 0.299. The Hall–Kier alpha value is -1.42. The van der Waals surface area contributed by atoms with E-state index in [1.165, 1.54) is 10.4 Å². The van der Waals surface area contributed by atoms with Crippen molar-refractivity contribution in [3.8, 4) is 0 Å². The lowest BCUT2D eigenvalue weighted by Crippen LogP contribution is -2.70. The van der Waals surface area contributed by atoms with E-state index in [4.69, 9.17) is 11.5 Å². The van der Waals surface area contributed by atoms with Crippen LogP contribution in [0.3, 0.4) is 0 Å². The quantitative estimate of drug-likeness (QED) is 0.614. The Morgan fingerprint density at radius 2 is 1.12 bits per heavy atom. The van der Waals surface area contributed by atoms with Gasteiger partial charge >= 0.3 is 0 Å². The van der Waals surface area contributed by atoms with Crippen molar-refractivity contribution in [2.75, 3.05) is 0 Å². The van der Waals surface area contributed by atoms with Gasteiger partial charge in [-0.15, -0.1) is 0 Å². The van der Waals surface area contributed by atoms with Crippen LogP contribution in [0.2, 0.25) is 6.55 Å². The third-order valence-electron chi connectivity index (χ3n) is 3.41. The monoisotopic (exact) mass is 242 g/mol. The highest BCUT2D eigenvalue weighted by Crippen LogP contribution is 2.06. The van der Waals surface area contributed by atoms with Gasteiger partial charge in [0.05, 0.1) is 5.79 Å². The van der Waals surface area contributed by atoms with E-state index >= 15 is 0 Å². The molecule has 0 aromatic heterocycles. The first-order chi connectivity index (χ1) is 8.15. The molecular weight excluding hydrogens is 224 g/mol. The van der Waals surface area contributed by atoms with Gasteiger partial charge in [0.25, 0.3) is 0 Å². The summed E-state index contributed by atoms with van der Waals surface area (Å²) in [6.45, 7) is 2.22. The molecule has 3 heteroatoms. The Kier molecular flexibility index (Phi) is 3.42. The summed E-state index contributed by atoms with van der Waals surface area (Å²) in [6, 6.07) is 20.8. The van der Waals surface area contributed by atoms with E-state index in [9.17, 15) is 0 Å². The molecule has 0 amide bonds. The summed E-state index contributed by atoms with van der Waals surface area (Å²) in [6.07, 6.45) is 0. The van der Waals surface area contributed by atoms with E-state index in [-0.39, 0.29) is 5.79 Å². The maximum atomic E-state index is 6.07. The van der Waals surface area contributed by atoms with Gasteiger partial charge in [-0.2, -0.15) is 0 Å². The molecule has 88 valence electrons. The highest BCUT2D eigenvalue weighted by Gasteiger charge is 2.36. The van der Waals surface area contributed by atoms with Crippen LogP contribution in [-0.2, 0) is 0 Å². The first-order valence-corrected chi connectivity index (χ1v) is 8.35. The lowest BCUT2D eigenvalue weighted by molar-refractivity contribution is 0.935. The molecule has 0 spiro atoms. The molecule has 0 bridgehead atoms. The molecule has 0 aliphatic carbocycles. The molecule has 4 N–H and O–H groups in total. The average Bonchev–Trinajstić information content (AvgIpc) is 2.39. The van der Waals surface area contributed by atoms with Crippen LogP contribution in [0.25, 0.3) is 0 Å². The standard InChI is InChI=1S/C14H18N2Si/c1-17(14(15)16,12-8-4-2-5-9-12)13-10-6-3-7-11-13/h2-11,14H,15-16H2,1H3. The van der Waals surface area contributed by atoms with Crippen LogP contribution < -0.4 is 21.8 Å². The van der Waals surface area contributed by atoms with Crippen LogP contribution in [0.1, 0.15) is 0 Å². The molecule has 2 nitrogen and oxygen atoms in total. The zero-order chi connectivity index (χ0) is 12.3. The highest BCUT2D eigenvalue weighted by atomic mass is 28.3. The van der Waals surface area contributed by atoms with Gasteiger partial charge in [-0.05, 0) is 0 Å². The summed E-state index contributed by atoms with van der Waals surface area (Å²) >= 11 is 0. The third kappa shape index (κ3) is 2.17. The molecule has 0 radical (unpaired) electrons. The topological polar surface area (TPSA) is 52.0 Å². The molecule has 2 aromatic rings. The average molecular weight is 242 g/mol. The van der Waals surface area contributed by atoms with Gasteiger partial charge in [0.15, 0.2) is 0 Å². The number of nitrogens with two attached hydrogens (primary N) is 2. The van der Waals surface area contributed by atoms with Crippen molar-refractivity contribution in [2.45, 2.75) is 12.3 Å². The Morgan fingerprint density at radius 3 is 1.41 bits per heavy atom. The van der Waals surface area contributed by atoms with E-state index in [1.54, 1.807) is 0 Å². The zero-order valence-electron chi connectivity index (χ0n) is 10.0. The minimum atomic E-state index is -2.02. The Labute approximate surface area is 103 Å². The molecule has 0 fully saturated rings. The second kappa shape index (κ2) is 4.83. The maximum absolute atomic E-state index is 6.07. The maximum Gasteiger partial charge on any atom is 0.148 e. The van der Waals surface area contributed by atoms with Gasteiger partial charge in [0, 0.05) is 0 Å². The van der Waals surface area contributed by atoms with Crippen LogP contribution in [0.5, 0.6) is 0 Å². The third-order valence-corrected chi connectivity index (χ3v) is 7.81. The van der Waals surface area contributed by atoms with E-state index in [1.807, 2.05) is 36.4 Å². The molecule has 0 aliphatic rings. The van der Waals surface area contributed by atoms with Crippen LogP contribution >= 0.6 is 0 Å². The molecule has 0 atom stereocenters. The van der Waals surface area contributed by atoms with Crippen molar-refractivity contribution in [3.63, 3.8) is 0 Å². The van der Waals surface area contributed by atoms with Crippen molar-refractivity contribution >= 4 is 18.4 Å². The number of benzene rings is 2. The molecular formula is C14H18N2Si. The predicted octanol–water partition coefficient (Wildman–Crippen LogP) is 0.662. The SMILES string of the molecule is C[Si](c1ccccc1)(c1ccccc1)C(N)N. The number of hydrogen-bond acceptors (Lipinski definition) is 2. The highest BCUT2D eigenvalue weighted by molar-refractivity contribution is 7.02. The fourth-order valence-corrected chi connectivity index (χ4v) is 4.99. The summed E-state index contributed by atoms with van der Waals surface area (Å²) in [7, 11) is -2.02. The molecule has 0 aliphatic heterocycles. The van der Waals surface area contributed by atoms with Crippen LogP contribution in [-0.4, -0.2) is 13.9 Å². The number of hydrogen-bond donors (Lipinski definition) is 2. The van der Waals surface area contributed by atoms with Gasteiger partial charge < -0.3 is 11.5 Å². The van der Waals surface area contributed by atoms with Crippen molar-refractivity contribution in [1.29, 1.82) is 0 Å². The second-order valence-electron chi connectivity index (χ2n) is 4.46. The van der Waals surface area contributed by atoms with Gasteiger partial charge in [0.2, 0.25) is 0 Å². The summed E-state index contributed by atoms with van der Waals surface area (Å²) < 4.78 is 0. The van der Waals surface area contributed by atoms with E-state index in [0.29, 0.717) is 0 Å². The van der Waals surface area contributed by atoms with Crippen LogP contribution in [0.4, 0.5) is 0 Å². The first kappa shape index (κ1) is 12.0. The Morgan fingerprint density at radius 1 is 0.765 bits per heavy atom. The van der Waals surface area contributed by atoms with Crippen molar-refractivity contribution < 1.29 is 0 Å². The first-order valence-electron chi connectivity index (χ1n) is 5.78. The molecule has 0 saturated carbocycles. The summed E-state index contributed by atoms with van der Waals surface area (Å²) in [5, 5.41) is 2.56. The minimum Gasteiger partial charge on any atom is -0.318 e. The molecule has 2 aromatic carbocycles. The normalized spacial score (nSPS) is 11.8. The van der Waals surface area contributed by atoms with E-state index in [2.05, 4.69) is 30.8 Å². The fraction of sp³-hybridized carbons (Fsp3) is 0.143. The van der Waals surface area contributed by atoms with Gasteiger partial charge in [-0.3, -0.25) is 0 Å². The van der Waals surface area contributed by atoms with Gasteiger partial charge in [0.1, 0.15) is 8.07 Å². The fourth-order valence-electron chi connectivity index (χ4n) is 2.12. The second-order valence-corrected chi connectivity index (χ2v) is 8.69.